The van der Waals surface area contributed by atoms with Crippen LogP contribution in [0, 0.1) is 0 Å². The van der Waals surface area contributed by atoms with Gasteiger partial charge in [0.25, 0.3) is 0 Å². The second-order valence-electron chi connectivity index (χ2n) is 6.26. The molecule has 1 aliphatic heterocycles. The molecule has 2 rings (SSSR count). The van der Waals surface area contributed by atoms with Crippen LogP contribution >= 0.6 is 0 Å². The van der Waals surface area contributed by atoms with E-state index in [1.807, 2.05) is 26.8 Å². The van der Waals surface area contributed by atoms with Crippen molar-refractivity contribution in [2.45, 2.75) is 51.3 Å². The maximum atomic E-state index is 12.8. The molecule has 6 nitrogen and oxygen atoms in total. The van der Waals surface area contributed by atoms with Gasteiger partial charge in [0.05, 0.1) is 16.3 Å². The minimum atomic E-state index is -3.55. The van der Waals surface area contributed by atoms with Gasteiger partial charge in [-0.3, -0.25) is 4.79 Å². The molecule has 7 heteroatoms. The highest BCUT2D eigenvalue weighted by Crippen LogP contribution is 2.32. The molecule has 1 aliphatic rings. The highest BCUT2D eigenvalue weighted by atomic mass is 32.2. The average Bonchev–Trinajstić information content (AvgIpc) is 3.10. The highest BCUT2D eigenvalue weighted by molar-refractivity contribution is 7.89. The molecule has 0 radical (unpaired) electrons. The van der Waals surface area contributed by atoms with Crippen LogP contribution in [0.15, 0.2) is 23.1 Å². The summed E-state index contributed by atoms with van der Waals surface area (Å²) in [4.78, 5) is 14.5. The Morgan fingerprint density at radius 3 is 2.36 bits per heavy atom. The summed E-state index contributed by atoms with van der Waals surface area (Å²) in [5.41, 5.74) is 1.49. The summed E-state index contributed by atoms with van der Waals surface area (Å²) in [6.45, 7) is 8.29. The van der Waals surface area contributed by atoms with Crippen molar-refractivity contribution in [1.82, 2.24) is 4.31 Å². The molecule has 0 bridgehead atoms. The number of carbonyl (C=O) groups is 1. The van der Waals surface area contributed by atoms with Crippen molar-refractivity contribution in [3.8, 4) is 0 Å². The molecule has 0 aliphatic carbocycles. The number of hydrogen-bond acceptors (Lipinski definition) is 4. The van der Waals surface area contributed by atoms with Crippen molar-refractivity contribution in [3.63, 3.8) is 0 Å². The standard InChI is InChI=1S/C18H29N3O3S/c1-4-9-18(22)19-16-14-15(25(23,24)21(5-2)6-3)10-11-17(16)20-12-7-8-13-20/h10-11,14H,4-9,12-13H2,1-3H3,(H,19,22). The van der Waals surface area contributed by atoms with Gasteiger partial charge >= 0.3 is 0 Å². The Labute approximate surface area is 151 Å². The van der Waals surface area contributed by atoms with E-state index >= 15 is 0 Å². The van der Waals surface area contributed by atoms with Crippen LogP contribution in [0.3, 0.4) is 0 Å². The zero-order chi connectivity index (χ0) is 18.4. The monoisotopic (exact) mass is 367 g/mol. The number of hydrogen-bond donors (Lipinski definition) is 1. The van der Waals surface area contributed by atoms with Crippen molar-refractivity contribution >= 4 is 27.3 Å². The quantitative estimate of drug-likeness (QED) is 0.767. The van der Waals surface area contributed by atoms with E-state index in [2.05, 4.69) is 10.2 Å². The van der Waals surface area contributed by atoms with Crippen LogP contribution in [0.25, 0.3) is 0 Å². The molecule has 1 fully saturated rings. The zero-order valence-corrected chi connectivity index (χ0v) is 16.2. The van der Waals surface area contributed by atoms with Crippen molar-refractivity contribution < 1.29 is 13.2 Å². The van der Waals surface area contributed by atoms with Crippen molar-refractivity contribution in [2.24, 2.45) is 0 Å². The Morgan fingerprint density at radius 2 is 1.80 bits per heavy atom. The first-order valence-electron chi connectivity index (χ1n) is 9.13. The summed E-state index contributed by atoms with van der Waals surface area (Å²) in [5.74, 6) is -0.0830. The van der Waals surface area contributed by atoms with Gasteiger partial charge in [-0.2, -0.15) is 4.31 Å². The van der Waals surface area contributed by atoms with E-state index in [-0.39, 0.29) is 10.8 Å². The molecule has 25 heavy (non-hydrogen) atoms. The Balaban J connectivity index is 2.42. The topological polar surface area (TPSA) is 69.7 Å². The summed E-state index contributed by atoms with van der Waals surface area (Å²) in [5, 5.41) is 2.91. The molecule has 1 N–H and O–H groups in total. The summed E-state index contributed by atoms with van der Waals surface area (Å²) < 4.78 is 27.0. The maximum Gasteiger partial charge on any atom is 0.243 e. The number of carbonyl (C=O) groups excluding carboxylic acids is 1. The van der Waals surface area contributed by atoms with E-state index in [9.17, 15) is 13.2 Å². The second-order valence-corrected chi connectivity index (χ2v) is 8.20. The molecular weight excluding hydrogens is 338 g/mol. The maximum absolute atomic E-state index is 12.8. The third-order valence-electron chi connectivity index (χ3n) is 4.51. The van der Waals surface area contributed by atoms with Crippen LogP contribution in [0.1, 0.15) is 46.5 Å². The molecule has 0 unspecified atom stereocenters. The first-order valence-corrected chi connectivity index (χ1v) is 10.6. The van der Waals surface area contributed by atoms with Crippen LogP contribution in [0.2, 0.25) is 0 Å². The van der Waals surface area contributed by atoms with Gasteiger partial charge in [0.1, 0.15) is 0 Å². The van der Waals surface area contributed by atoms with Crippen LogP contribution in [-0.4, -0.2) is 44.8 Å². The number of anilines is 2. The highest BCUT2D eigenvalue weighted by Gasteiger charge is 2.24. The van der Waals surface area contributed by atoms with Crippen LogP contribution < -0.4 is 10.2 Å². The molecule has 1 aromatic rings. The predicted molar refractivity (Wildman–Crippen MR) is 102 cm³/mol. The smallest absolute Gasteiger partial charge is 0.243 e. The zero-order valence-electron chi connectivity index (χ0n) is 15.4. The van der Waals surface area contributed by atoms with E-state index < -0.39 is 10.0 Å². The average molecular weight is 368 g/mol. The summed E-state index contributed by atoms with van der Waals surface area (Å²) in [6.07, 6.45) is 3.40. The Bertz CT molecular complexity index is 694. The summed E-state index contributed by atoms with van der Waals surface area (Å²) in [6, 6.07) is 5.08. The molecule has 1 amide bonds. The fourth-order valence-electron chi connectivity index (χ4n) is 3.16. The van der Waals surface area contributed by atoms with E-state index in [1.165, 1.54) is 4.31 Å². The third kappa shape index (κ3) is 4.52. The molecule has 140 valence electrons. The molecule has 0 saturated carbocycles. The largest absolute Gasteiger partial charge is 0.370 e. The lowest BCUT2D eigenvalue weighted by Crippen LogP contribution is -2.31. The number of benzene rings is 1. The SMILES string of the molecule is CCCC(=O)Nc1cc(S(=O)(=O)N(CC)CC)ccc1N1CCCC1. The fraction of sp³-hybridized carbons (Fsp3) is 0.611. The molecular formula is C18H29N3O3S. The number of sulfonamides is 1. The predicted octanol–water partition coefficient (Wildman–Crippen LogP) is 3.06. The molecule has 0 spiro atoms. The third-order valence-corrected chi connectivity index (χ3v) is 6.55. The molecule has 1 saturated heterocycles. The molecule has 1 aromatic carbocycles. The lowest BCUT2D eigenvalue weighted by molar-refractivity contribution is -0.116. The van der Waals surface area contributed by atoms with E-state index in [4.69, 9.17) is 0 Å². The lowest BCUT2D eigenvalue weighted by atomic mass is 10.2. The van der Waals surface area contributed by atoms with Crippen molar-refractivity contribution in [1.29, 1.82) is 0 Å². The first kappa shape index (κ1) is 19.7. The van der Waals surface area contributed by atoms with Crippen LogP contribution in [0.5, 0.6) is 0 Å². The van der Waals surface area contributed by atoms with Gasteiger partial charge in [-0.15, -0.1) is 0 Å². The van der Waals surface area contributed by atoms with Crippen molar-refractivity contribution in [3.05, 3.63) is 18.2 Å². The van der Waals surface area contributed by atoms with Gasteiger partial charge in [-0.05, 0) is 37.5 Å². The molecule has 0 aromatic heterocycles. The minimum Gasteiger partial charge on any atom is -0.370 e. The van der Waals surface area contributed by atoms with E-state index in [0.29, 0.717) is 25.2 Å². The first-order chi connectivity index (χ1) is 11.9. The Kier molecular flexibility index (Phi) is 6.84. The van der Waals surface area contributed by atoms with E-state index in [0.717, 1.165) is 38.0 Å². The molecule has 0 atom stereocenters. The summed E-state index contributed by atoms with van der Waals surface area (Å²) >= 11 is 0. The number of nitrogens with zero attached hydrogens (tertiary/aromatic N) is 2. The number of nitrogens with one attached hydrogen (secondary N) is 1. The Morgan fingerprint density at radius 1 is 1.16 bits per heavy atom. The van der Waals surface area contributed by atoms with Crippen LogP contribution in [0.4, 0.5) is 11.4 Å². The van der Waals surface area contributed by atoms with Gasteiger partial charge in [0.2, 0.25) is 15.9 Å². The number of amides is 1. The fourth-order valence-corrected chi connectivity index (χ4v) is 4.65. The minimum absolute atomic E-state index is 0.0830. The molecule has 1 heterocycles. The van der Waals surface area contributed by atoms with Gasteiger partial charge < -0.3 is 10.2 Å². The number of rotatable bonds is 8. The van der Waals surface area contributed by atoms with E-state index in [1.54, 1.807) is 12.1 Å². The van der Waals surface area contributed by atoms with Gasteiger partial charge in [0.15, 0.2) is 0 Å². The second kappa shape index (κ2) is 8.67. The van der Waals surface area contributed by atoms with Gasteiger partial charge in [-0.1, -0.05) is 20.8 Å². The van der Waals surface area contributed by atoms with Gasteiger partial charge in [-0.25, -0.2) is 8.42 Å². The Hall–Kier alpha value is -1.60. The van der Waals surface area contributed by atoms with Crippen LogP contribution in [-0.2, 0) is 14.8 Å². The van der Waals surface area contributed by atoms with Crippen molar-refractivity contribution in [2.75, 3.05) is 36.4 Å². The normalized spacial score (nSPS) is 15.0. The summed E-state index contributed by atoms with van der Waals surface area (Å²) in [7, 11) is -3.55. The van der Waals surface area contributed by atoms with Gasteiger partial charge in [0, 0.05) is 32.6 Å². The lowest BCUT2D eigenvalue weighted by Gasteiger charge is -2.24.